The van der Waals surface area contributed by atoms with E-state index in [4.69, 9.17) is 5.73 Å². The van der Waals surface area contributed by atoms with Crippen molar-refractivity contribution in [1.29, 1.82) is 0 Å². The Kier molecular flexibility index (Phi) is 3.32. The van der Waals surface area contributed by atoms with Gasteiger partial charge in [0.1, 0.15) is 0 Å². The molecule has 1 atom stereocenters. The summed E-state index contributed by atoms with van der Waals surface area (Å²) < 4.78 is 25.6. The van der Waals surface area contributed by atoms with Gasteiger partial charge in [-0.3, -0.25) is 0 Å². The summed E-state index contributed by atoms with van der Waals surface area (Å²) in [6.45, 7) is 3.93. The van der Waals surface area contributed by atoms with E-state index in [2.05, 4.69) is 11.6 Å². The molecule has 1 saturated carbocycles. The normalized spacial score (nSPS) is 31.0. The minimum absolute atomic E-state index is 0.147. The van der Waals surface area contributed by atoms with Crippen LogP contribution in [0.25, 0.3) is 0 Å². The van der Waals surface area contributed by atoms with Gasteiger partial charge in [-0.05, 0) is 25.7 Å². The van der Waals surface area contributed by atoms with Gasteiger partial charge in [0.25, 0.3) is 0 Å². The van der Waals surface area contributed by atoms with E-state index in [1.54, 1.807) is 6.92 Å². The van der Waals surface area contributed by atoms with Gasteiger partial charge in [-0.2, -0.15) is 0 Å². The fourth-order valence-corrected chi connectivity index (χ4v) is 2.62. The molecule has 1 aliphatic carbocycles. The van der Waals surface area contributed by atoms with Crippen LogP contribution in [-0.2, 0) is 10.0 Å². The van der Waals surface area contributed by atoms with Crippen molar-refractivity contribution in [2.24, 2.45) is 11.7 Å². The third kappa shape index (κ3) is 2.65. The molecule has 5 heteroatoms. The molecule has 4 nitrogen and oxygen atoms in total. The molecule has 0 amide bonds. The predicted octanol–water partition coefficient (Wildman–Crippen LogP) is 0.0515. The maximum atomic E-state index is 11.5. The molecule has 0 radical (unpaired) electrons. The smallest absolute Gasteiger partial charge is 0.215 e. The van der Waals surface area contributed by atoms with Crippen molar-refractivity contribution in [3.63, 3.8) is 0 Å². The van der Waals surface area contributed by atoms with Crippen LogP contribution >= 0.6 is 0 Å². The highest BCUT2D eigenvalue weighted by atomic mass is 32.2. The molecule has 0 aromatic rings. The zero-order chi connectivity index (χ0) is 10.1. The lowest BCUT2D eigenvalue weighted by Crippen LogP contribution is -2.47. The van der Waals surface area contributed by atoms with Gasteiger partial charge in [-0.25, -0.2) is 13.1 Å². The number of hydrogen-bond donors (Lipinski definition) is 2. The van der Waals surface area contributed by atoms with Crippen molar-refractivity contribution < 1.29 is 8.42 Å². The van der Waals surface area contributed by atoms with E-state index in [9.17, 15) is 8.42 Å². The van der Waals surface area contributed by atoms with E-state index in [1.165, 1.54) is 0 Å². The van der Waals surface area contributed by atoms with Crippen molar-refractivity contribution in [3.05, 3.63) is 0 Å². The summed E-state index contributed by atoms with van der Waals surface area (Å²) in [5, 5.41) is -0.483. The third-order valence-corrected chi connectivity index (χ3v) is 4.48. The number of rotatable bonds is 4. The summed E-state index contributed by atoms with van der Waals surface area (Å²) >= 11 is 0. The number of hydrogen-bond acceptors (Lipinski definition) is 3. The van der Waals surface area contributed by atoms with E-state index in [1.807, 2.05) is 0 Å². The molecule has 0 aromatic carbocycles. The molecule has 0 spiro atoms. The van der Waals surface area contributed by atoms with Crippen LogP contribution < -0.4 is 10.5 Å². The number of nitrogens with one attached hydrogen (secondary N) is 1. The van der Waals surface area contributed by atoms with Gasteiger partial charge in [-0.1, -0.05) is 6.92 Å². The first kappa shape index (κ1) is 10.9. The summed E-state index contributed by atoms with van der Waals surface area (Å²) in [5.74, 6) is 0.654. The maximum Gasteiger partial charge on any atom is 0.215 e. The highest BCUT2D eigenvalue weighted by molar-refractivity contribution is 7.90. The minimum Gasteiger partial charge on any atom is -0.329 e. The first-order valence-corrected chi connectivity index (χ1v) is 6.21. The second kappa shape index (κ2) is 3.94. The summed E-state index contributed by atoms with van der Waals surface area (Å²) in [6.07, 6.45) is 1.91. The standard InChI is InChI=1S/C8H18N2O2S/c1-6-3-8(4-6)10-13(11,12)7(2)5-9/h6-8,10H,3-5,9H2,1-2H3. The fraction of sp³-hybridized carbons (Fsp3) is 1.00. The van der Waals surface area contributed by atoms with Gasteiger partial charge < -0.3 is 5.73 Å². The number of nitrogens with two attached hydrogens (primary N) is 1. The van der Waals surface area contributed by atoms with Crippen molar-refractivity contribution in [3.8, 4) is 0 Å². The van der Waals surface area contributed by atoms with Crippen molar-refractivity contribution in [1.82, 2.24) is 4.72 Å². The van der Waals surface area contributed by atoms with Gasteiger partial charge >= 0.3 is 0 Å². The van der Waals surface area contributed by atoms with Gasteiger partial charge in [0.05, 0.1) is 5.25 Å². The Morgan fingerprint density at radius 3 is 2.46 bits per heavy atom. The second-order valence-corrected chi connectivity index (χ2v) is 6.11. The average molecular weight is 206 g/mol. The molecule has 13 heavy (non-hydrogen) atoms. The van der Waals surface area contributed by atoms with Crippen molar-refractivity contribution in [2.45, 2.75) is 38.0 Å². The molecule has 3 N–H and O–H groups in total. The van der Waals surface area contributed by atoms with Gasteiger partial charge in [0.15, 0.2) is 0 Å². The first-order valence-electron chi connectivity index (χ1n) is 4.67. The lowest BCUT2D eigenvalue weighted by atomic mass is 9.83. The summed E-state index contributed by atoms with van der Waals surface area (Å²) in [5.41, 5.74) is 5.30. The predicted molar refractivity (Wildman–Crippen MR) is 52.8 cm³/mol. The highest BCUT2D eigenvalue weighted by Crippen LogP contribution is 2.27. The summed E-state index contributed by atoms with van der Waals surface area (Å²) in [4.78, 5) is 0. The van der Waals surface area contributed by atoms with Crippen LogP contribution in [0.2, 0.25) is 0 Å². The molecule has 0 heterocycles. The second-order valence-electron chi connectivity index (χ2n) is 3.98. The Labute approximate surface area is 79.9 Å². The Hall–Kier alpha value is -0.130. The Morgan fingerprint density at radius 2 is 2.08 bits per heavy atom. The van der Waals surface area contributed by atoms with Crippen LogP contribution in [0.3, 0.4) is 0 Å². The van der Waals surface area contributed by atoms with E-state index < -0.39 is 15.3 Å². The van der Waals surface area contributed by atoms with Crippen molar-refractivity contribution >= 4 is 10.0 Å². The Morgan fingerprint density at radius 1 is 1.54 bits per heavy atom. The molecule has 1 fully saturated rings. The zero-order valence-electron chi connectivity index (χ0n) is 8.16. The Bertz CT molecular complexity index is 257. The quantitative estimate of drug-likeness (QED) is 0.683. The molecule has 1 rings (SSSR count). The number of sulfonamides is 1. The van der Waals surface area contributed by atoms with Crippen LogP contribution in [0.5, 0.6) is 0 Å². The molecule has 0 aliphatic heterocycles. The molecule has 1 unspecified atom stereocenters. The zero-order valence-corrected chi connectivity index (χ0v) is 8.97. The van der Waals surface area contributed by atoms with Crippen LogP contribution in [0.1, 0.15) is 26.7 Å². The first-order chi connectivity index (χ1) is 5.95. The average Bonchev–Trinajstić information content (AvgIpc) is 1.99. The van der Waals surface area contributed by atoms with Crippen LogP contribution in [-0.4, -0.2) is 26.3 Å². The highest BCUT2D eigenvalue weighted by Gasteiger charge is 2.30. The third-order valence-electron chi connectivity index (χ3n) is 2.57. The summed E-state index contributed by atoms with van der Waals surface area (Å²) in [7, 11) is -3.17. The van der Waals surface area contributed by atoms with E-state index in [-0.39, 0.29) is 12.6 Å². The van der Waals surface area contributed by atoms with Gasteiger partial charge in [0, 0.05) is 12.6 Å². The summed E-state index contributed by atoms with van der Waals surface area (Å²) in [6, 6.07) is 0.147. The topological polar surface area (TPSA) is 72.2 Å². The van der Waals surface area contributed by atoms with E-state index in [0.717, 1.165) is 12.8 Å². The molecule has 78 valence electrons. The van der Waals surface area contributed by atoms with E-state index >= 15 is 0 Å². The monoisotopic (exact) mass is 206 g/mol. The van der Waals surface area contributed by atoms with E-state index in [0.29, 0.717) is 5.92 Å². The molecule has 1 aliphatic rings. The maximum absolute atomic E-state index is 11.5. The lowest BCUT2D eigenvalue weighted by Gasteiger charge is -2.33. The van der Waals surface area contributed by atoms with Crippen LogP contribution in [0.15, 0.2) is 0 Å². The molecule has 0 bridgehead atoms. The Balaban J connectivity index is 2.44. The van der Waals surface area contributed by atoms with Crippen LogP contribution in [0, 0.1) is 5.92 Å². The van der Waals surface area contributed by atoms with Gasteiger partial charge in [0.2, 0.25) is 10.0 Å². The SMILES string of the molecule is CC1CC(NS(=O)(=O)C(C)CN)C1. The molecule has 0 aromatic heterocycles. The molecular formula is C8H18N2O2S. The van der Waals surface area contributed by atoms with Crippen LogP contribution in [0.4, 0.5) is 0 Å². The largest absolute Gasteiger partial charge is 0.329 e. The van der Waals surface area contributed by atoms with Crippen molar-refractivity contribution in [2.75, 3.05) is 6.54 Å². The lowest BCUT2D eigenvalue weighted by molar-refractivity contribution is 0.270. The fourth-order valence-electron chi connectivity index (χ4n) is 1.47. The molecular weight excluding hydrogens is 188 g/mol. The minimum atomic E-state index is -3.17. The van der Waals surface area contributed by atoms with Gasteiger partial charge in [-0.15, -0.1) is 0 Å². The molecule has 0 saturated heterocycles.